The summed E-state index contributed by atoms with van der Waals surface area (Å²) in [4.78, 5) is 15.8. The predicted octanol–water partition coefficient (Wildman–Crippen LogP) is 1.94. The molecule has 0 aliphatic carbocycles. The van der Waals surface area contributed by atoms with E-state index < -0.39 is 0 Å². The molecule has 0 aromatic heterocycles. The van der Waals surface area contributed by atoms with E-state index in [1.807, 2.05) is 25.1 Å². The molecule has 2 rings (SSSR count). The van der Waals surface area contributed by atoms with Crippen LogP contribution >= 0.6 is 24.0 Å². The van der Waals surface area contributed by atoms with Gasteiger partial charge in [-0.1, -0.05) is 13.0 Å². The molecule has 0 amide bonds. The van der Waals surface area contributed by atoms with Crippen LogP contribution in [-0.2, 0) is 16.0 Å². The summed E-state index contributed by atoms with van der Waals surface area (Å²) in [6, 6.07) is 5.95. The zero-order valence-corrected chi connectivity index (χ0v) is 17.2. The highest BCUT2D eigenvalue weighted by atomic mass is 127. The van der Waals surface area contributed by atoms with Crippen LogP contribution in [0.25, 0.3) is 0 Å². The van der Waals surface area contributed by atoms with E-state index in [1.54, 1.807) is 6.92 Å². The van der Waals surface area contributed by atoms with Crippen molar-refractivity contribution in [1.29, 1.82) is 0 Å². The minimum Gasteiger partial charge on any atom is -0.469 e. The number of guanidine groups is 1. The van der Waals surface area contributed by atoms with Crippen LogP contribution in [0.1, 0.15) is 19.4 Å². The number of nitrogens with one attached hydrogen (secondary N) is 2. The Labute approximate surface area is 165 Å². The molecule has 8 heteroatoms. The second-order valence-electron chi connectivity index (χ2n) is 5.51. The molecular formula is C17H26IN3O4. The lowest BCUT2D eigenvalue weighted by atomic mass is 10.1. The second kappa shape index (κ2) is 11.0. The van der Waals surface area contributed by atoms with Gasteiger partial charge < -0.3 is 24.8 Å². The fourth-order valence-electron chi connectivity index (χ4n) is 2.27. The highest BCUT2D eigenvalue weighted by molar-refractivity contribution is 14.0. The Bertz CT molecular complexity index is 595. The number of hydrogen-bond donors (Lipinski definition) is 2. The molecule has 0 radical (unpaired) electrons. The number of methoxy groups -OCH3 is 1. The molecule has 0 fully saturated rings. The summed E-state index contributed by atoms with van der Waals surface area (Å²) in [7, 11) is 1.39. The van der Waals surface area contributed by atoms with Crippen LogP contribution in [0, 0.1) is 5.92 Å². The molecule has 0 saturated heterocycles. The van der Waals surface area contributed by atoms with Gasteiger partial charge in [-0.05, 0) is 31.0 Å². The molecule has 1 atom stereocenters. The Hall–Kier alpha value is -1.71. The van der Waals surface area contributed by atoms with Crippen molar-refractivity contribution in [1.82, 2.24) is 10.6 Å². The lowest BCUT2D eigenvalue weighted by molar-refractivity contribution is -0.144. The average Bonchev–Trinajstić information content (AvgIpc) is 3.06. The summed E-state index contributed by atoms with van der Waals surface area (Å²) >= 11 is 0. The third-order valence-electron chi connectivity index (χ3n) is 3.61. The summed E-state index contributed by atoms with van der Waals surface area (Å²) in [5, 5.41) is 6.43. The van der Waals surface area contributed by atoms with Crippen molar-refractivity contribution < 1.29 is 19.0 Å². The van der Waals surface area contributed by atoms with Gasteiger partial charge in [0, 0.05) is 13.1 Å². The van der Waals surface area contributed by atoms with E-state index in [1.165, 1.54) is 7.11 Å². The average molecular weight is 463 g/mol. The van der Waals surface area contributed by atoms with Gasteiger partial charge in [0.25, 0.3) is 0 Å². The third-order valence-corrected chi connectivity index (χ3v) is 3.61. The molecule has 1 aliphatic heterocycles. The van der Waals surface area contributed by atoms with Crippen LogP contribution in [0.2, 0.25) is 0 Å². The van der Waals surface area contributed by atoms with Crippen molar-refractivity contribution in [3.8, 4) is 11.5 Å². The molecule has 1 unspecified atom stereocenters. The van der Waals surface area contributed by atoms with Crippen molar-refractivity contribution in [3.63, 3.8) is 0 Å². The van der Waals surface area contributed by atoms with Crippen molar-refractivity contribution in [2.45, 2.75) is 20.3 Å². The molecule has 0 bridgehead atoms. The maximum atomic E-state index is 11.4. The predicted molar refractivity (Wildman–Crippen MR) is 107 cm³/mol. The first-order chi connectivity index (χ1) is 11.6. The summed E-state index contributed by atoms with van der Waals surface area (Å²) in [5.41, 5.74) is 1.16. The molecule has 0 spiro atoms. The van der Waals surface area contributed by atoms with E-state index in [0.717, 1.165) is 36.6 Å². The molecule has 25 heavy (non-hydrogen) atoms. The van der Waals surface area contributed by atoms with Crippen molar-refractivity contribution in [2.24, 2.45) is 10.9 Å². The normalized spacial score (nSPS) is 13.6. The molecule has 1 aromatic carbocycles. The first-order valence-corrected chi connectivity index (χ1v) is 8.12. The smallest absolute Gasteiger partial charge is 0.310 e. The quantitative estimate of drug-likeness (QED) is 0.279. The molecule has 1 aliphatic rings. The van der Waals surface area contributed by atoms with Crippen LogP contribution in [0.4, 0.5) is 0 Å². The van der Waals surface area contributed by atoms with Crippen LogP contribution in [-0.4, -0.2) is 45.5 Å². The second-order valence-corrected chi connectivity index (χ2v) is 5.51. The molecule has 140 valence electrons. The molecule has 7 nitrogen and oxygen atoms in total. The standard InChI is InChI=1S/C17H25N3O4.HI/c1-4-18-17(20-10-12(2)16(21)22-3)19-8-7-13-5-6-14-15(9-13)24-11-23-14;/h5-6,9,12H,4,7-8,10-11H2,1-3H3,(H2,18,19,20);1H. The molecule has 2 N–H and O–H groups in total. The van der Waals surface area contributed by atoms with E-state index in [2.05, 4.69) is 15.6 Å². The largest absolute Gasteiger partial charge is 0.469 e. The fraction of sp³-hybridized carbons (Fsp3) is 0.529. The van der Waals surface area contributed by atoms with Gasteiger partial charge in [0.15, 0.2) is 17.5 Å². The van der Waals surface area contributed by atoms with E-state index >= 15 is 0 Å². The number of hydrogen-bond acceptors (Lipinski definition) is 5. The number of aliphatic imine (C=N–C) groups is 1. The molecule has 1 aromatic rings. The highest BCUT2D eigenvalue weighted by Crippen LogP contribution is 2.32. The maximum Gasteiger partial charge on any atom is 0.310 e. The minimum absolute atomic E-state index is 0. The van der Waals surface area contributed by atoms with Crippen molar-refractivity contribution in [2.75, 3.05) is 33.5 Å². The first-order valence-electron chi connectivity index (χ1n) is 8.12. The van der Waals surface area contributed by atoms with Crippen LogP contribution in [0.5, 0.6) is 11.5 Å². The van der Waals surface area contributed by atoms with Crippen LogP contribution in [0.3, 0.4) is 0 Å². The summed E-state index contributed by atoms with van der Waals surface area (Å²) < 4.78 is 15.4. The first kappa shape index (κ1) is 21.3. The molecule has 1 heterocycles. The Morgan fingerprint density at radius 3 is 2.80 bits per heavy atom. The fourth-order valence-corrected chi connectivity index (χ4v) is 2.27. The van der Waals surface area contributed by atoms with Gasteiger partial charge in [-0.3, -0.25) is 9.79 Å². The number of nitrogens with zero attached hydrogens (tertiary/aromatic N) is 1. The van der Waals surface area contributed by atoms with Gasteiger partial charge in [0.2, 0.25) is 6.79 Å². The SMILES string of the molecule is CCNC(=NCC(C)C(=O)OC)NCCc1ccc2c(c1)OCO2.I. The number of rotatable bonds is 7. The Balaban J connectivity index is 0.00000312. The van der Waals surface area contributed by atoms with Gasteiger partial charge in [-0.15, -0.1) is 24.0 Å². The zero-order valence-electron chi connectivity index (χ0n) is 14.8. The van der Waals surface area contributed by atoms with E-state index in [-0.39, 0.29) is 42.7 Å². The Morgan fingerprint density at radius 1 is 1.32 bits per heavy atom. The Kier molecular flexibility index (Phi) is 9.40. The zero-order chi connectivity index (χ0) is 17.4. The van der Waals surface area contributed by atoms with E-state index in [0.29, 0.717) is 12.5 Å². The van der Waals surface area contributed by atoms with Crippen LogP contribution in [0.15, 0.2) is 23.2 Å². The summed E-state index contributed by atoms with van der Waals surface area (Å²) in [6.45, 7) is 5.93. The number of carbonyl (C=O) groups is 1. The summed E-state index contributed by atoms with van der Waals surface area (Å²) in [6.07, 6.45) is 0.827. The third kappa shape index (κ3) is 6.60. The monoisotopic (exact) mass is 463 g/mol. The number of benzene rings is 1. The van der Waals surface area contributed by atoms with Crippen LogP contribution < -0.4 is 20.1 Å². The lowest BCUT2D eigenvalue weighted by Gasteiger charge is -2.13. The molecular weight excluding hydrogens is 437 g/mol. The topological polar surface area (TPSA) is 81.2 Å². The van der Waals surface area contributed by atoms with Crippen molar-refractivity contribution >= 4 is 35.9 Å². The van der Waals surface area contributed by atoms with Gasteiger partial charge in [0.1, 0.15) is 0 Å². The van der Waals surface area contributed by atoms with E-state index in [4.69, 9.17) is 14.2 Å². The number of fused-ring (bicyclic) bond motifs is 1. The molecule has 0 saturated carbocycles. The lowest BCUT2D eigenvalue weighted by Crippen LogP contribution is -2.38. The minimum atomic E-state index is -0.265. The number of esters is 1. The van der Waals surface area contributed by atoms with Gasteiger partial charge in [0.05, 0.1) is 19.6 Å². The van der Waals surface area contributed by atoms with Crippen molar-refractivity contribution in [3.05, 3.63) is 23.8 Å². The van der Waals surface area contributed by atoms with Gasteiger partial charge in [-0.25, -0.2) is 0 Å². The van der Waals surface area contributed by atoms with E-state index in [9.17, 15) is 4.79 Å². The maximum absolute atomic E-state index is 11.4. The van der Waals surface area contributed by atoms with Gasteiger partial charge in [-0.2, -0.15) is 0 Å². The number of ether oxygens (including phenoxy) is 3. The number of carbonyl (C=O) groups excluding carboxylic acids is 1. The Morgan fingerprint density at radius 2 is 2.08 bits per heavy atom. The van der Waals surface area contributed by atoms with Gasteiger partial charge >= 0.3 is 5.97 Å². The number of halogens is 1. The summed E-state index contributed by atoms with van der Waals surface area (Å²) in [5.74, 6) is 1.75. The highest BCUT2D eigenvalue weighted by Gasteiger charge is 2.14.